The van der Waals surface area contributed by atoms with Crippen molar-refractivity contribution >= 4 is 23.3 Å². The van der Waals surface area contributed by atoms with Crippen LogP contribution in [0, 0.1) is 24.5 Å². The highest BCUT2D eigenvalue weighted by Gasteiger charge is 2.51. The number of anilines is 1. The Morgan fingerprint density at radius 2 is 1.94 bits per heavy atom. The Morgan fingerprint density at radius 3 is 2.59 bits per heavy atom. The molecule has 0 saturated heterocycles. The van der Waals surface area contributed by atoms with Crippen molar-refractivity contribution in [3.05, 3.63) is 64.2 Å². The molecule has 2 saturated carbocycles. The van der Waals surface area contributed by atoms with Gasteiger partial charge in [0.05, 0.1) is 16.8 Å². The van der Waals surface area contributed by atoms with E-state index in [2.05, 4.69) is 16.0 Å². The topological polar surface area (TPSA) is 118 Å². The molecule has 1 aliphatic heterocycles. The molecule has 0 radical (unpaired) electrons. The van der Waals surface area contributed by atoms with Crippen molar-refractivity contribution in [2.45, 2.75) is 44.2 Å². The maximum atomic E-state index is 13.6. The number of benzene rings is 1. The van der Waals surface area contributed by atoms with Crippen LogP contribution in [-0.2, 0) is 11.2 Å². The Bertz CT molecular complexity index is 1280. The fourth-order valence-electron chi connectivity index (χ4n) is 4.99. The zero-order chi connectivity index (χ0) is 24.4. The SMILES string of the molecule is CN/C=C(\N)C1(NC(=O)C(=O)c2c(C)c(C(=O)Nc3ccc(F)c(F)c3)n3c2CC2CC23)CC1. The number of halogens is 2. The predicted octanol–water partition coefficient (Wildman–Crippen LogP) is 2.30. The molecule has 0 bridgehead atoms. The van der Waals surface area contributed by atoms with Crippen molar-refractivity contribution in [3.63, 3.8) is 0 Å². The van der Waals surface area contributed by atoms with Crippen molar-refractivity contribution in [1.82, 2.24) is 15.2 Å². The highest BCUT2D eigenvalue weighted by molar-refractivity contribution is 6.44. The molecule has 5 rings (SSSR count). The number of carbonyl (C=O) groups excluding carboxylic acids is 3. The Morgan fingerprint density at radius 1 is 1.21 bits per heavy atom. The average Bonchev–Trinajstić information content (AvgIpc) is 3.68. The number of nitrogens with one attached hydrogen (secondary N) is 3. The normalized spacial score (nSPS) is 21.4. The second-order valence-electron chi connectivity index (χ2n) is 9.27. The van der Waals surface area contributed by atoms with E-state index in [1.165, 1.54) is 6.07 Å². The quantitative estimate of drug-likeness (QED) is 0.367. The van der Waals surface area contributed by atoms with E-state index >= 15 is 0 Å². The van der Waals surface area contributed by atoms with E-state index in [9.17, 15) is 23.2 Å². The lowest BCUT2D eigenvalue weighted by Crippen LogP contribution is -2.44. The van der Waals surface area contributed by atoms with Gasteiger partial charge in [-0.2, -0.15) is 0 Å². The predicted molar refractivity (Wildman–Crippen MR) is 120 cm³/mol. The molecule has 2 amide bonds. The van der Waals surface area contributed by atoms with Gasteiger partial charge in [-0.25, -0.2) is 8.78 Å². The minimum absolute atomic E-state index is 0.0907. The Balaban J connectivity index is 1.45. The van der Waals surface area contributed by atoms with Gasteiger partial charge in [-0.05, 0) is 56.2 Å². The van der Waals surface area contributed by atoms with Gasteiger partial charge in [-0.1, -0.05) is 0 Å². The molecule has 2 heterocycles. The third-order valence-electron chi connectivity index (χ3n) is 7.00. The van der Waals surface area contributed by atoms with Gasteiger partial charge in [0.1, 0.15) is 5.69 Å². The molecule has 5 N–H and O–H groups in total. The van der Waals surface area contributed by atoms with Crippen molar-refractivity contribution < 1.29 is 23.2 Å². The number of carbonyl (C=O) groups is 3. The Hall–Kier alpha value is -3.69. The summed E-state index contributed by atoms with van der Waals surface area (Å²) in [4.78, 5) is 39.4. The van der Waals surface area contributed by atoms with E-state index in [1.54, 1.807) is 20.2 Å². The lowest BCUT2D eigenvalue weighted by molar-refractivity contribution is -0.117. The minimum Gasteiger partial charge on any atom is -0.399 e. The number of nitrogens with zero attached hydrogens (tertiary/aromatic N) is 1. The zero-order valence-corrected chi connectivity index (χ0v) is 18.8. The van der Waals surface area contributed by atoms with Crippen molar-refractivity contribution in [1.29, 1.82) is 0 Å². The summed E-state index contributed by atoms with van der Waals surface area (Å²) in [5.41, 5.74) is 7.41. The summed E-state index contributed by atoms with van der Waals surface area (Å²) in [7, 11) is 1.70. The van der Waals surface area contributed by atoms with E-state index in [4.69, 9.17) is 5.73 Å². The summed E-state index contributed by atoms with van der Waals surface area (Å²) in [5.74, 6) is -3.80. The second kappa shape index (κ2) is 7.68. The van der Waals surface area contributed by atoms with Gasteiger partial charge >= 0.3 is 0 Å². The molecule has 34 heavy (non-hydrogen) atoms. The molecule has 1 aromatic carbocycles. The van der Waals surface area contributed by atoms with Crippen LogP contribution in [-0.4, -0.2) is 34.8 Å². The first-order valence-electron chi connectivity index (χ1n) is 11.2. The standard InChI is InChI=1S/C24H25F2N5O3/c1-11-19(21(32)23(34)30-24(5-6-24)18(27)10-28-2)17-8-12-7-16(12)31(17)20(11)22(33)29-13-3-4-14(25)15(26)9-13/h3-4,9-10,12,16,28H,5-8,27H2,1-2H3,(H,29,33)(H,30,34)/b18-10-. The fourth-order valence-corrected chi connectivity index (χ4v) is 4.99. The van der Waals surface area contributed by atoms with Crippen molar-refractivity contribution in [3.8, 4) is 0 Å². The van der Waals surface area contributed by atoms with Crippen LogP contribution in [0.2, 0.25) is 0 Å². The van der Waals surface area contributed by atoms with Crippen LogP contribution in [0.15, 0.2) is 30.1 Å². The van der Waals surface area contributed by atoms with Gasteiger partial charge in [-0.3, -0.25) is 14.4 Å². The molecule has 178 valence electrons. The van der Waals surface area contributed by atoms with E-state index in [-0.39, 0.29) is 23.0 Å². The molecule has 2 unspecified atom stereocenters. The first-order chi connectivity index (χ1) is 16.2. The third-order valence-corrected chi connectivity index (χ3v) is 7.00. The van der Waals surface area contributed by atoms with Crippen LogP contribution >= 0.6 is 0 Å². The number of aromatic nitrogens is 1. The first-order valence-corrected chi connectivity index (χ1v) is 11.2. The van der Waals surface area contributed by atoms with Crippen LogP contribution in [0.5, 0.6) is 0 Å². The van der Waals surface area contributed by atoms with E-state index in [0.29, 0.717) is 42.1 Å². The van der Waals surface area contributed by atoms with Crippen LogP contribution in [0.4, 0.5) is 14.5 Å². The van der Waals surface area contributed by atoms with Gasteiger partial charge in [0, 0.05) is 36.7 Å². The number of Topliss-reactive ketones (excluding diaryl/α,β-unsaturated/α-hetero) is 1. The molecule has 2 aromatic rings. The average molecular weight is 469 g/mol. The fraction of sp³-hybridized carbons (Fsp3) is 0.375. The number of amides is 2. The monoisotopic (exact) mass is 469 g/mol. The molecule has 2 fully saturated rings. The zero-order valence-electron chi connectivity index (χ0n) is 18.8. The summed E-state index contributed by atoms with van der Waals surface area (Å²) in [6.45, 7) is 1.63. The Kier molecular flexibility index (Phi) is 5.00. The number of nitrogens with two attached hydrogens (primary N) is 1. The summed E-state index contributed by atoms with van der Waals surface area (Å²) < 4.78 is 28.7. The highest BCUT2D eigenvalue weighted by atomic mass is 19.2. The van der Waals surface area contributed by atoms with E-state index < -0.39 is 34.8 Å². The van der Waals surface area contributed by atoms with Crippen molar-refractivity contribution in [2.24, 2.45) is 11.7 Å². The number of fused-ring (bicyclic) bond motifs is 3. The number of hydrogen-bond donors (Lipinski definition) is 4. The second-order valence-corrected chi connectivity index (χ2v) is 9.27. The number of ketones is 1. The molecular weight excluding hydrogens is 444 g/mol. The smallest absolute Gasteiger partial charge is 0.293 e. The lowest BCUT2D eigenvalue weighted by atomic mass is 10.0. The molecule has 2 aliphatic carbocycles. The molecule has 3 aliphatic rings. The molecule has 2 atom stereocenters. The van der Waals surface area contributed by atoms with Crippen LogP contribution < -0.4 is 21.7 Å². The van der Waals surface area contributed by atoms with Crippen molar-refractivity contribution in [2.75, 3.05) is 12.4 Å². The molecule has 0 spiro atoms. The van der Waals surface area contributed by atoms with Gasteiger partial charge in [0.25, 0.3) is 17.6 Å². The summed E-state index contributed by atoms with van der Waals surface area (Å²) in [6, 6.07) is 3.18. The first kappa shape index (κ1) is 22.1. The molecule has 8 nitrogen and oxygen atoms in total. The molecule has 10 heteroatoms. The number of hydrogen-bond acceptors (Lipinski definition) is 5. The summed E-state index contributed by atoms with van der Waals surface area (Å²) in [5, 5.41) is 8.18. The summed E-state index contributed by atoms with van der Waals surface area (Å²) in [6.07, 6.45) is 4.35. The van der Waals surface area contributed by atoms with Gasteiger partial charge in [0.15, 0.2) is 11.6 Å². The number of rotatable bonds is 7. The molecule has 1 aromatic heterocycles. The van der Waals surface area contributed by atoms with Gasteiger partial charge < -0.3 is 26.3 Å². The van der Waals surface area contributed by atoms with E-state index in [0.717, 1.165) is 18.6 Å². The molecular formula is C24H25F2N5O3. The van der Waals surface area contributed by atoms with Crippen LogP contribution in [0.3, 0.4) is 0 Å². The maximum absolute atomic E-state index is 13.6. The Labute approximate surface area is 194 Å². The highest BCUT2D eigenvalue weighted by Crippen LogP contribution is 2.54. The summed E-state index contributed by atoms with van der Waals surface area (Å²) >= 11 is 0. The minimum atomic E-state index is -1.08. The largest absolute Gasteiger partial charge is 0.399 e. The van der Waals surface area contributed by atoms with E-state index in [1.807, 2.05) is 4.57 Å². The van der Waals surface area contributed by atoms with Crippen LogP contribution in [0.1, 0.15) is 57.4 Å². The lowest BCUT2D eigenvalue weighted by Gasteiger charge is -2.17. The van der Waals surface area contributed by atoms with Gasteiger partial charge in [-0.15, -0.1) is 0 Å². The van der Waals surface area contributed by atoms with Crippen LogP contribution in [0.25, 0.3) is 0 Å². The maximum Gasteiger partial charge on any atom is 0.293 e. The third kappa shape index (κ3) is 3.44. The van der Waals surface area contributed by atoms with Gasteiger partial charge in [0.2, 0.25) is 0 Å².